The molecule has 0 radical (unpaired) electrons. The molecule has 0 aliphatic carbocycles. The summed E-state index contributed by atoms with van der Waals surface area (Å²) in [6.07, 6.45) is -1.58. The van der Waals surface area contributed by atoms with Crippen LogP contribution in [-0.2, 0) is 15.1 Å². The maximum atomic E-state index is 12.9. The molecule has 182 valence electrons. The number of likely N-dealkylation sites (N-methyl/N-ethyl adjacent to an activating group) is 1. The molecule has 1 amide bonds. The molecule has 10 heteroatoms. The van der Waals surface area contributed by atoms with Gasteiger partial charge < -0.3 is 24.2 Å². The monoisotopic (exact) mass is 478 g/mol. The van der Waals surface area contributed by atoms with Gasteiger partial charge in [-0.15, -0.1) is 0 Å². The molecule has 35 heavy (non-hydrogen) atoms. The lowest BCUT2D eigenvalue weighted by atomic mass is 9.77. The topological polar surface area (TPSA) is 123 Å². The van der Waals surface area contributed by atoms with E-state index >= 15 is 0 Å². The zero-order chi connectivity index (χ0) is 25.2. The van der Waals surface area contributed by atoms with E-state index in [-0.39, 0.29) is 30.2 Å². The number of hydrogen-bond donors (Lipinski definition) is 2. The molecule has 3 aromatic rings. The molecule has 2 atom stereocenters. The zero-order valence-corrected chi connectivity index (χ0v) is 19.8. The summed E-state index contributed by atoms with van der Waals surface area (Å²) < 4.78 is 16.4. The van der Waals surface area contributed by atoms with Crippen LogP contribution in [-0.4, -0.2) is 60.9 Å². The molecule has 2 aromatic carbocycles. The minimum absolute atomic E-state index is 0.130. The Balaban J connectivity index is 1.98. The second-order valence-electron chi connectivity index (χ2n) is 8.07. The maximum absolute atomic E-state index is 12.9. The van der Waals surface area contributed by atoms with Crippen LogP contribution >= 0.6 is 0 Å². The summed E-state index contributed by atoms with van der Waals surface area (Å²) >= 11 is 0. The van der Waals surface area contributed by atoms with E-state index in [0.29, 0.717) is 16.8 Å². The number of aliphatic carboxylic acids is 1. The Bertz CT molecular complexity index is 1230. The lowest BCUT2D eigenvalue weighted by molar-refractivity contribution is -0.149. The molecule has 1 aliphatic heterocycles. The van der Waals surface area contributed by atoms with Crippen LogP contribution in [0.5, 0.6) is 17.8 Å². The predicted octanol–water partition coefficient (Wildman–Crippen LogP) is 2.14. The first-order valence-corrected chi connectivity index (χ1v) is 10.8. The first-order chi connectivity index (χ1) is 16.8. The van der Waals surface area contributed by atoms with E-state index < -0.39 is 17.6 Å². The molecule has 0 bridgehead atoms. The van der Waals surface area contributed by atoms with Crippen LogP contribution in [0.3, 0.4) is 0 Å². The highest BCUT2D eigenvalue weighted by Gasteiger charge is 2.51. The lowest BCUT2D eigenvalue weighted by Gasteiger charge is -2.39. The number of nitrogens with zero attached hydrogens (tertiary/aromatic N) is 3. The molecule has 1 aromatic heterocycles. The van der Waals surface area contributed by atoms with Crippen molar-refractivity contribution in [1.82, 2.24) is 15.3 Å². The molecule has 10 nitrogen and oxygen atoms in total. The van der Waals surface area contributed by atoms with Gasteiger partial charge in [-0.3, -0.25) is 10.1 Å². The third kappa shape index (κ3) is 4.35. The van der Waals surface area contributed by atoms with Crippen molar-refractivity contribution >= 4 is 17.6 Å². The highest BCUT2D eigenvalue weighted by atomic mass is 16.5. The van der Waals surface area contributed by atoms with Crippen molar-refractivity contribution in [3.8, 4) is 17.8 Å². The fourth-order valence-electron chi connectivity index (χ4n) is 4.20. The van der Waals surface area contributed by atoms with E-state index in [4.69, 9.17) is 14.2 Å². The van der Waals surface area contributed by atoms with Crippen LogP contribution in [0.2, 0.25) is 0 Å². The molecule has 4 rings (SSSR count). The molecule has 0 saturated carbocycles. The van der Waals surface area contributed by atoms with E-state index in [1.807, 2.05) is 31.2 Å². The summed E-state index contributed by atoms with van der Waals surface area (Å²) in [5.74, 6) is -1.22. The van der Waals surface area contributed by atoms with Crippen molar-refractivity contribution in [3.05, 3.63) is 71.3 Å². The number of ether oxygens (including phenoxy) is 3. The van der Waals surface area contributed by atoms with E-state index in [0.717, 1.165) is 5.56 Å². The number of hydrogen-bond acceptors (Lipinski definition) is 8. The van der Waals surface area contributed by atoms with E-state index in [9.17, 15) is 14.7 Å². The van der Waals surface area contributed by atoms with Gasteiger partial charge >= 0.3 is 12.0 Å². The number of carboxylic acid groups (broad SMARTS) is 1. The Kier molecular flexibility index (Phi) is 6.57. The van der Waals surface area contributed by atoms with Gasteiger partial charge in [0.1, 0.15) is 5.54 Å². The Morgan fingerprint density at radius 3 is 2.31 bits per heavy atom. The third-order valence-corrected chi connectivity index (χ3v) is 6.01. The average Bonchev–Trinajstić information content (AvgIpc) is 2.98. The van der Waals surface area contributed by atoms with Gasteiger partial charge in [0, 0.05) is 18.3 Å². The smallest absolute Gasteiger partial charge is 0.347 e. The molecule has 0 fully saturated rings. The van der Waals surface area contributed by atoms with E-state index in [2.05, 4.69) is 15.3 Å². The van der Waals surface area contributed by atoms with Gasteiger partial charge in [0.15, 0.2) is 0 Å². The largest absolute Gasteiger partial charge is 0.481 e. The first-order valence-electron chi connectivity index (χ1n) is 10.8. The average molecular weight is 479 g/mol. The van der Waals surface area contributed by atoms with Crippen molar-refractivity contribution in [3.63, 3.8) is 0 Å². The zero-order valence-electron chi connectivity index (χ0n) is 19.8. The van der Waals surface area contributed by atoms with E-state index in [1.54, 1.807) is 31.3 Å². The number of fused-ring (bicyclic) bond motifs is 1. The number of aromatic nitrogens is 2. The SMILES string of the molecule is COc1cc(OC)nc(OC(C(=O)O)C2(c3ccc(C)cc3)NCC(=O)N(C)c3ccccc32)n1. The van der Waals surface area contributed by atoms with E-state index in [1.165, 1.54) is 25.2 Å². The number of anilines is 1. The molecular formula is C25H26N4O6. The molecule has 2 unspecified atom stereocenters. The van der Waals surface area contributed by atoms with Crippen molar-refractivity contribution < 1.29 is 28.9 Å². The van der Waals surface area contributed by atoms with Gasteiger partial charge in [-0.2, -0.15) is 9.97 Å². The molecule has 2 N–H and O–H groups in total. The van der Waals surface area contributed by atoms with Gasteiger partial charge in [-0.05, 0) is 18.6 Å². The number of benzene rings is 2. The fraction of sp³-hybridized carbons (Fsp3) is 0.280. The molecule has 0 spiro atoms. The minimum Gasteiger partial charge on any atom is -0.481 e. The Labute approximate surface area is 202 Å². The fourth-order valence-corrected chi connectivity index (χ4v) is 4.20. The highest BCUT2D eigenvalue weighted by Crippen LogP contribution is 2.42. The Hall–Kier alpha value is -4.18. The van der Waals surface area contributed by atoms with Crippen molar-refractivity contribution in [1.29, 1.82) is 0 Å². The standard InChI is InChI=1S/C25H26N4O6/c1-15-9-11-16(12-10-15)25(17-7-5-6-8-18(17)29(2)21(30)14-26-25)22(23(31)32)35-24-27-19(33-3)13-20(28-24)34-4/h5-13,22,26H,14H2,1-4H3,(H,31,32). The van der Waals surface area contributed by atoms with Crippen LogP contribution in [0, 0.1) is 6.92 Å². The number of para-hydroxylation sites is 1. The number of rotatable bonds is 7. The van der Waals surface area contributed by atoms with Crippen molar-refractivity contribution in [2.75, 3.05) is 32.7 Å². The van der Waals surface area contributed by atoms with Crippen LogP contribution < -0.4 is 24.4 Å². The number of amides is 1. The van der Waals surface area contributed by atoms with Gasteiger partial charge in [0.05, 0.1) is 26.8 Å². The second-order valence-corrected chi connectivity index (χ2v) is 8.07. The molecule has 2 heterocycles. The van der Waals surface area contributed by atoms with Gasteiger partial charge in [-0.25, -0.2) is 4.79 Å². The van der Waals surface area contributed by atoms with Gasteiger partial charge in [0.2, 0.25) is 23.8 Å². The summed E-state index contributed by atoms with van der Waals surface area (Å²) in [5.41, 5.74) is 1.23. The molecular weight excluding hydrogens is 452 g/mol. The number of carbonyl (C=O) groups excluding carboxylic acids is 1. The number of carbonyl (C=O) groups is 2. The summed E-state index contributed by atoms with van der Waals surface area (Å²) in [6.45, 7) is 1.80. The first kappa shape index (κ1) is 24.0. The number of aryl methyl sites for hydroxylation is 1. The highest BCUT2D eigenvalue weighted by molar-refractivity contribution is 5.97. The van der Waals surface area contributed by atoms with Crippen LogP contribution in [0.1, 0.15) is 16.7 Å². The van der Waals surface area contributed by atoms with Crippen molar-refractivity contribution in [2.45, 2.75) is 18.6 Å². The third-order valence-electron chi connectivity index (χ3n) is 6.01. The Morgan fingerprint density at radius 2 is 1.71 bits per heavy atom. The summed E-state index contributed by atoms with van der Waals surface area (Å²) in [6, 6.07) is 15.7. The maximum Gasteiger partial charge on any atom is 0.347 e. The number of methoxy groups -OCH3 is 2. The quantitative estimate of drug-likeness (QED) is 0.526. The molecule has 1 aliphatic rings. The lowest BCUT2D eigenvalue weighted by Crippen LogP contribution is -2.58. The normalized spacial score (nSPS) is 18.3. The number of nitrogens with one attached hydrogen (secondary N) is 1. The summed E-state index contributed by atoms with van der Waals surface area (Å²) in [5, 5.41) is 13.7. The van der Waals surface area contributed by atoms with Crippen molar-refractivity contribution in [2.24, 2.45) is 0 Å². The summed E-state index contributed by atoms with van der Waals surface area (Å²) in [7, 11) is 4.48. The van der Waals surface area contributed by atoms with Crippen LogP contribution in [0.25, 0.3) is 0 Å². The summed E-state index contributed by atoms with van der Waals surface area (Å²) in [4.78, 5) is 35.6. The molecule has 0 saturated heterocycles. The minimum atomic E-state index is -1.58. The van der Waals surface area contributed by atoms with Gasteiger partial charge in [0.25, 0.3) is 0 Å². The van der Waals surface area contributed by atoms with Crippen LogP contribution in [0.4, 0.5) is 5.69 Å². The van der Waals surface area contributed by atoms with Crippen LogP contribution in [0.15, 0.2) is 54.6 Å². The Morgan fingerprint density at radius 1 is 1.09 bits per heavy atom. The van der Waals surface area contributed by atoms with Gasteiger partial charge in [-0.1, -0.05) is 48.0 Å². The number of carboxylic acids is 1. The second kappa shape index (κ2) is 9.59. The predicted molar refractivity (Wildman–Crippen MR) is 127 cm³/mol.